The molecule has 3 aliphatic carbocycles. The lowest BCUT2D eigenvalue weighted by Gasteiger charge is -2.40. The highest BCUT2D eigenvalue weighted by Gasteiger charge is 2.92. The van der Waals surface area contributed by atoms with Crippen LogP contribution in [0.1, 0.15) is 45.4 Å². The van der Waals surface area contributed by atoms with Crippen molar-refractivity contribution >= 4 is 5.78 Å². The first kappa shape index (κ1) is 7.83. The van der Waals surface area contributed by atoms with Crippen molar-refractivity contribution in [2.24, 2.45) is 16.2 Å². The number of fused-ring (bicyclic) bond motifs is 6. The molecule has 2 heterocycles. The highest BCUT2D eigenvalue weighted by Crippen LogP contribution is 2.89. The molecule has 2 aliphatic heterocycles. The van der Waals surface area contributed by atoms with Crippen molar-refractivity contribution in [3.05, 3.63) is 0 Å². The second-order valence-corrected chi connectivity index (χ2v) is 6.72. The average Bonchev–Trinajstić information content (AvgIpc) is 3.11. The number of ether oxygens (including phenoxy) is 1. The summed E-state index contributed by atoms with van der Waals surface area (Å²) in [6.07, 6.45) is 7.40. The van der Waals surface area contributed by atoms with E-state index in [9.17, 15) is 4.79 Å². The lowest BCUT2D eigenvalue weighted by molar-refractivity contribution is -0.129. The minimum Gasteiger partial charge on any atom is -0.362 e. The van der Waals surface area contributed by atoms with E-state index in [0.29, 0.717) is 16.6 Å². The van der Waals surface area contributed by atoms with Crippen LogP contribution in [0.15, 0.2) is 0 Å². The Labute approximate surface area is 89.4 Å². The molecule has 3 saturated carbocycles. The van der Waals surface area contributed by atoms with Crippen LogP contribution in [0, 0.1) is 16.2 Å². The van der Waals surface area contributed by atoms with E-state index in [1.165, 1.54) is 25.7 Å². The molecule has 5 aliphatic rings. The van der Waals surface area contributed by atoms with E-state index >= 15 is 0 Å². The lowest BCUT2D eigenvalue weighted by atomic mass is 9.60. The number of carbonyl (C=O) groups is 1. The fourth-order valence-corrected chi connectivity index (χ4v) is 5.37. The zero-order valence-electron chi connectivity index (χ0n) is 9.14. The van der Waals surface area contributed by atoms with Gasteiger partial charge in [0.25, 0.3) is 0 Å². The van der Waals surface area contributed by atoms with Crippen molar-refractivity contribution in [2.45, 2.75) is 57.2 Å². The molecule has 0 radical (unpaired) electrons. The number of hydrogen-bond donors (Lipinski definition) is 0. The first-order valence-corrected chi connectivity index (χ1v) is 6.34. The minimum absolute atomic E-state index is 0.00694. The second-order valence-electron chi connectivity index (χ2n) is 6.72. The van der Waals surface area contributed by atoms with E-state index in [1.54, 1.807) is 0 Å². The van der Waals surface area contributed by atoms with Gasteiger partial charge in [0.15, 0.2) is 5.78 Å². The van der Waals surface area contributed by atoms with Gasteiger partial charge < -0.3 is 4.74 Å². The molecule has 15 heavy (non-hydrogen) atoms. The molecule has 0 unspecified atom stereocenters. The van der Waals surface area contributed by atoms with Gasteiger partial charge >= 0.3 is 0 Å². The molecule has 2 saturated heterocycles. The van der Waals surface area contributed by atoms with Crippen molar-refractivity contribution in [3.63, 3.8) is 0 Å². The number of ketones is 1. The Bertz CT molecular complexity index is 412. The maximum Gasteiger partial charge on any atom is 0.171 e. The third-order valence-electron chi connectivity index (χ3n) is 6.63. The Kier molecular flexibility index (Phi) is 0.846. The fourth-order valence-electron chi connectivity index (χ4n) is 5.37. The molecule has 0 aromatic rings. The van der Waals surface area contributed by atoms with Crippen molar-refractivity contribution in [1.29, 1.82) is 0 Å². The average molecular weight is 204 g/mol. The van der Waals surface area contributed by atoms with Crippen LogP contribution in [0.3, 0.4) is 0 Å². The quantitative estimate of drug-likeness (QED) is 0.603. The molecule has 2 heteroatoms. The maximum atomic E-state index is 12.4. The van der Waals surface area contributed by atoms with Crippen LogP contribution in [0.2, 0.25) is 0 Å². The van der Waals surface area contributed by atoms with E-state index in [1.807, 2.05) is 0 Å². The topological polar surface area (TPSA) is 26.3 Å². The smallest absolute Gasteiger partial charge is 0.171 e. The van der Waals surface area contributed by atoms with Crippen LogP contribution in [-0.2, 0) is 9.53 Å². The number of Topliss-reactive ketones (excluding diaryl/α,β-unsaturated/α-hetero) is 1. The predicted molar refractivity (Wildman–Crippen MR) is 53.3 cm³/mol. The first-order valence-electron chi connectivity index (χ1n) is 6.34. The van der Waals surface area contributed by atoms with Gasteiger partial charge in [-0.15, -0.1) is 0 Å². The van der Waals surface area contributed by atoms with E-state index in [0.717, 1.165) is 12.8 Å². The summed E-state index contributed by atoms with van der Waals surface area (Å²) in [6, 6.07) is 0. The summed E-state index contributed by atoms with van der Waals surface area (Å²) in [6.45, 7) is 2.26. The maximum absolute atomic E-state index is 12.4. The fraction of sp³-hybridized carbons (Fsp3) is 0.923. The zero-order chi connectivity index (χ0) is 10.1. The molecule has 0 N–H and O–H groups in total. The van der Waals surface area contributed by atoms with Crippen molar-refractivity contribution in [1.82, 2.24) is 0 Å². The highest BCUT2D eigenvalue weighted by molar-refractivity contribution is 5.98. The van der Waals surface area contributed by atoms with Gasteiger partial charge in [-0.05, 0) is 45.4 Å². The van der Waals surface area contributed by atoms with Gasteiger partial charge in [0, 0.05) is 10.8 Å². The molecule has 0 aromatic carbocycles. The summed E-state index contributed by atoms with van der Waals surface area (Å²) in [5.74, 6) is 0.486. The first-order chi connectivity index (χ1) is 7.12. The molecule has 2 atom stereocenters. The van der Waals surface area contributed by atoms with E-state index in [2.05, 4.69) is 6.92 Å². The lowest BCUT2D eigenvalue weighted by Crippen LogP contribution is -2.51. The summed E-state index contributed by atoms with van der Waals surface area (Å²) in [5, 5.41) is 0. The van der Waals surface area contributed by atoms with Crippen LogP contribution in [-0.4, -0.2) is 17.5 Å². The van der Waals surface area contributed by atoms with Gasteiger partial charge in [-0.2, -0.15) is 0 Å². The highest BCUT2D eigenvalue weighted by atomic mass is 16.5. The van der Waals surface area contributed by atoms with Crippen molar-refractivity contribution in [2.75, 3.05) is 0 Å². The Hall–Kier alpha value is -0.370. The molecule has 0 amide bonds. The Morgan fingerprint density at radius 2 is 1.80 bits per heavy atom. The minimum atomic E-state index is -0.0573. The number of rotatable bonds is 0. The summed E-state index contributed by atoms with van der Waals surface area (Å²) < 4.78 is 6.26. The van der Waals surface area contributed by atoms with Crippen molar-refractivity contribution in [3.8, 4) is 0 Å². The largest absolute Gasteiger partial charge is 0.362 e. The molecule has 80 valence electrons. The van der Waals surface area contributed by atoms with Crippen LogP contribution in [0.5, 0.6) is 0 Å². The van der Waals surface area contributed by atoms with Crippen LogP contribution >= 0.6 is 0 Å². The van der Waals surface area contributed by atoms with E-state index in [-0.39, 0.29) is 17.1 Å². The third kappa shape index (κ3) is 0.470. The van der Waals surface area contributed by atoms with Crippen LogP contribution in [0.4, 0.5) is 0 Å². The molecular formula is C13H16O2. The van der Waals surface area contributed by atoms with E-state index in [4.69, 9.17) is 4.74 Å². The van der Waals surface area contributed by atoms with Crippen LogP contribution < -0.4 is 0 Å². The second kappa shape index (κ2) is 1.62. The van der Waals surface area contributed by atoms with Gasteiger partial charge in [0.05, 0.1) is 11.0 Å². The van der Waals surface area contributed by atoms with Crippen LogP contribution in [0.25, 0.3) is 0 Å². The van der Waals surface area contributed by atoms with E-state index < -0.39 is 0 Å². The number of carbonyl (C=O) groups excluding carboxylic acids is 1. The van der Waals surface area contributed by atoms with Gasteiger partial charge in [-0.25, -0.2) is 0 Å². The molecular weight excluding hydrogens is 188 g/mol. The summed E-state index contributed by atoms with van der Waals surface area (Å²) >= 11 is 0. The molecule has 2 nitrogen and oxygen atoms in total. The predicted octanol–water partition coefficient (Wildman–Crippen LogP) is 2.07. The Morgan fingerprint density at radius 3 is 2.27 bits per heavy atom. The molecule has 5 rings (SSSR count). The molecule has 5 fully saturated rings. The summed E-state index contributed by atoms with van der Waals surface area (Å²) in [5.41, 5.74) is 0.696. The van der Waals surface area contributed by atoms with Gasteiger partial charge in [-0.1, -0.05) is 0 Å². The Balaban J connectivity index is 1.80. The standard InChI is InChI=1S/C13H16O2/c1-10-11(2-3-11)8(14)9(15-10)12(4-5-12)13(10)6-7-13/h9H,2-7H2,1H3/t9-,10+/m0/s1. The van der Waals surface area contributed by atoms with Gasteiger partial charge in [0.1, 0.15) is 6.10 Å². The third-order valence-corrected chi connectivity index (χ3v) is 6.63. The van der Waals surface area contributed by atoms with Gasteiger partial charge in [-0.3, -0.25) is 4.79 Å². The SMILES string of the molecule is C[C@@]12O[C@@H](C(=O)C13CC3)C1(CC1)C21CC1. The Morgan fingerprint density at radius 1 is 1.13 bits per heavy atom. The van der Waals surface area contributed by atoms with Crippen molar-refractivity contribution < 1.29 is 9.53 Å². The number of hydrogen-bond acceptors (Lipinski definition) is 2. The normalized spacial score (nSPS) is 53.1. The summed E-state index contributed by atoms with van der Waals surface area (Å²) in [7, 11) is 0. The monoisotopic (exact) mass is 204 g/mol. The van der Waals surface area contributed by atoms with Gasteiger partial charge in [0.2, 0.25) is 0 Å². The molecule has 3 spiro atoms. The molecule has 2 bridgehead atoms. The summed E-state index contributed by atoms with van der Waals surface area (Å²) in [4.78, 5) is 12.4. The zero-order valence-corrected chi connectivity index (χ0v) is 9.14. The molecule has 0 aromatic heterocycles.